The summed E-state index contributed by atoms with van der Waals surface area (Å²) >= 11 is 0. The minimum Gasteiger partial charge on any atom is -0.309 e. The fourth-order valence-electron chi connectivity index (χ4n) is 2.73. The van der Waals surface area contributed by atoms with Crippen LogP contribution in [0.3, 0.4) is 0 Å². The van der Waals surface area contributed by atoms with Gasteiger partial charge in [-0.2, -0.15) is 0 Å². The summed E-state index contributed by atoms with van der Waals surface area (Å²) < 4.78 is 0. The minimum absolute atomic E-state index is 0.674. The molecule has 1 aromatic rings. The van der Waals surface area contributed by atoms with Crippen molar-refractivity contribution >= 4 is 8.07 Å². The van der Waals surface area contributed by atoms with Gasteiger partial charge in [-0.3, -0.25) is 0 Å². The molecule has 1 saturated carbocycles. The smallest absolute Gasteiger partial charge is 0.0683 e. The number of benzene rings is 1. The van der Waals surface area contributed by atoms with E-state index in [1.165, 1.54) is 24.8 Å². The van der Waals surface area contributed by atoms with E-state index < -0.39 is 8.07 Å². The zero-order valence-electron chi connectivity index (χ0n) is 12.5. The number of rotatable bonds is 5. The Bertz CT molecular complexity index is 405. The van der Waals surface area contributed by atoms with Crippen LogP contribution in [0.5, 0.6) is 0 Å². The maximum Gasteiger partial charge on any atom is 0.0683 e. The van der Waals surface area contributed by atoms with E-state index in [0.717, 1.165) is 12.5 Å². The van der Waals surface area contributed by atoms with Crippen molar-refractivity contribution in [3.63, 3.8) is 0 Å². The van der Waals surface area contributed by atoms with Gasteiger partial charge in [0.05, 0.1) is 8.07 Å². The lowest BCUT2D eigenvalue weighted by Crippen LogP contribution is -2.31. The molecule has 104 valence electrons. The molecule has 0 spiro atoms. The van der Waals surface area contributed by atoms with Crippen molar-refractivity contribution in [2.45, 2.75) is 51.5 Å². The molecule has 2 unspecified atom stereocenters. The Morgan fingerprint density at radius 3 is 2.58 bits per heavy atom. The van der Waals surface area contributed by atoms with Crippen molar-refractivity contribution in [2.24, 2.45) is 5.92 Å². The van der Waals surface area contributed by atoms with Gasteiger partial charge in [0.25, 0.3) is 0 Å². The third-order valence-electron chi connectivity index (χ3n) is 3.82. The van der Waals surface area contributed by atoms with E-state index in [9.17, 15) is 0 Å². The third kappa shape index (κ3) is 4.96. The Hall–Kier alpha value is -0.863. The molecule has 2 heteroatoms. The predicted octanol–water partition coefficient (Wildman–Crippen LogP) is 4.38. The zero-order chi connectivity index (χ0) is 13.7. The highest BCUT2D eigenvalue weighted by Crippen LogP contribution is 2.27. The molecule has 1 nitrogen and oxygen atoms in total. The zero-order valence-corrected chi connectivity index (χ0v) is 13.5. The van der Waals surface area contributed by atoms with E-state index in [1.807, 2.05) is 0 Å². The van der Waals surface area contributed by atoms with Crippen molar-refractivity contribution in [2.75, 3.05) is 0 Å². The SMILES string of the molecule is C[Si](C)(C)/C=C\C1CCCC1NCc1ccccc1. The molecule has 0 bridgehead atoms. The van der Waals surface area contributed by atoms with Gasteiger partial charge in [-0.05, 0) is 24.3 Å². The molecule has 0 aliphatic heterocycles. The second-order valence-corrected chi connectivity index (χ2v) is 11.9. The van der Waals surface area contributed by atoms with Gasteiger partial charge in [-0.1, -0.05) is 68.2 Å². The van der Waals surface area contributed by atoms with Crippen LogP contribution in [0.15, 0.2) is 42.1 Å². The van der Waals surface area contributed by atoms with E-state index in [4.69, 9.17) is 0 Å². The van der Waals surface area contributed by atoms with Crippen molar-refractivity contribution in [3.05, 3.63) is 47.7 Å². The summed E-state index contributed by atoms with van der Waals surface area (Å²) in [5.41, 5.74) is 3.91. The quantitative estimate of drug-likeness (QED) is 0.785. The van der Waals surface area contributed by atoms with Crippen LogP contribution in [-0.2, 0) is 6.54 Å². The van der Waals surface area contributed by atoms with Crippen LogP contribution in [0.2, 0.25) is 19.6 Å². The van der Waals surface area contributed by atoms with Crippen LogP contribution >= 0.6 is 0 Å². The van der Waals surface area contributed by atoms with Crippen molar-refractivity contribution in [1.82, 2.24) is 5.32 Å². The van der Waals surface area contributed by atoms with Crippen LogP contribution in [0.4, 0.5) is 0 Å². The van der Waals surface area contributed by atoms with Gasteiger partial charge < -0.3 is 5.32 Å². The highest BCUT2D eigenvalue weighted by atomic mass is 28.3. The molecule has 1 aliphatic rings. The Balaban J connectivity index is 1.87. The summed E-state index contributed by atoms with van der Waals surface area (Å²) in [6.07, 6.45) is 6.55. The van der Waals surface area contributed by atoms with E-state index in [1.54, 1.807) is 0 Å². The third-order valence-corrected chi connectivity index (χ3v) is 5.02. The summed E-state index contributed by atoms with van der Waals surface area (Å²) in [6.45, 7) is 8.23. The molecule has 2 atom stereocenters. The molecular weight excluding hydrogens is 246 g/mol. The summed E-state index contributed by atoms with van der Waals surface area (Å²) in [7, 11) is -1.05. The van der Waals surface area contributed by atoms with Gasteiger partial charge in [-0.25, -0.2) is 0 Å². The van der Waals surface area contributed by atoms with Crippen LogP contribution in [-0.4, -0.2) is 14.1 Å². The maximum absolute atomic E-state index is 3.75. The Labute approximate surface area is 119 Å². The standard InChI is InChI=1S/C17H27NSi/c1-19(2,3)13-12-16-10-7-11-17(16)18-14-15-8-5-4-6-9-15/h4-6,8-9,12-13,16-18H,7,10-11,14H2,1-3H3/b13-12-. The molecule has 19 heavy (non-hydrogen) atoms. The highest BCUT2D eigenvalue weighted by Gasteiger charge is 2.25. The molecule has 1 fully saturated rings. The molecule has 0 radical (unpaired) electrons. The van der Waals surface area contributed by atoms with E-state index in [-0.39, 0.29) is 0 Å². The lowest BCUT2D eigenvalue weighted by Gasteiger charge is -2.19. The first-order valence-corrected chi connectivity index (χ1v) is 11.1. The molecular formula is C17H27NSi. The summed E-state index contributed by atoms with van der Waals surface area (Å²) in [5.74, 6) is 0.746. The summed E-state index contributed by atoms with van der Waals surface area (Å²) in [6, 6.07) is 11.4. The Morgan fingerprint density at radius 1 is 1.16 bits per heavy atom. The van der Waals surface area contributed by atoms with Gasteiger partial charge in [-0.15, -0.1) is 0 Å². The predicted molar refractivity (Wildman–Crippen MR) is 86.9 cm³/mol. The summed E-state index contributed by atoms with van der Waals surface area (Å²) in [4.78, 5) is 0. The van der Waals surface area contributed by atoms with Crippen LogP contribution in [0.1, 0.15) is 24.8 Å². The Morgan fingerprint density at radius 2 is 1.89 bits per heavy atom. The number of hydrogen-bond donors (Lipinski definition) is 1. The van der Waals surface area contributed by atoms with Gasteiger partial charge >= 0.3 is 0 Å². The fraction of sp³-hybridized carbons (Fsp3) is 0.529. The first kappa shape index (κ1) is 14.5. The monoisotopic (exact) mass is 273 g/mol. The van der Waals surface area contributed by atoms with Crippen LogP contribution < -0.4 is 5.32 Å². The fourth-order valence-corrected chi connectivity index (χ4v) is 3.55. The maximum atomic E-state index is 3.75. The lowest BCUT2D eigenvalue weighted by molar-refractivity contribution is 0.458. The molecule has 1 N–H and O–H groups in total. The van der Waals surface area contributed by atoms with E-state index >= 15 is 0 Å². The van der Waals surface area contributed by atoms with Crippen LogP contribution in [0.25, 0.3) is 0 Å². The van der Waals surface area contributed by atoms with Crippen molar-refractivity contribution in [1.29, 1.82) is 0 Å². The van der Waals surface area contributed by atoms with Gasteiger partial charge in [0.1, 0.15) is 0 Å². The van der Waals surface area contributed by atoms with E-state index in [0.29, 0.717) is 6.04 Å². The Kier molecular flexibility index (Phi) is 5.00. The normalized spacial score (nSPS) is 24.2. The largest absolute Gasteiger partial charge is 0.309 e. The average Bonchev–Trinajstić information content (AvgIpc) is 2.82. The molecule has 1 aliphatic carbocycles. The van der Waals surface area contributed by atoms with Gasteiger partial charge in [0, 0.05) is 12.6 Å². The minimum atomic E-state index is -1.05. The highest BCUT2D eigenvalue weighted by molar-refractivity contribution is 6.80. The van der Waals surface area contributed by atoms with Crippen molar-refractivity contribution < 1.29 is 0 Å². The number of nitrogens with one attached hydrogen (secondary N) is 1. The summed E-state index contributed by atoms with van der Waals surface area (Å²) in [5, 5.41) is 3.75. The molecule has 0 heterocycles. The lowest BCUT2D eigenvalue weighted by atomic mass is 10.0. The molecule has 0 saturated heterocycles. The van der Waals surface area contributed by atoms with Gasteiger partial charge in [0.15, 0.2) is 0 Å². The van der Waals surface area contributed by atoms with Crippen molar-refractivity contribution in [3.8, 4) is 0 Å². The topological polar surface area (TPSA) is 12.0 Å². The van der Waals surface area contributed by atoms with E-state index in [2.05, 4.69) is 67.1 Å². The van der Waals surface area contributed by atoms with Crippen LogP contribution in [0, 0.1) is 5.92 Å². The molecule has 1 aromatic carbocycles. The first-order chi connectivity index (χ1) is 9.04. The second kappa shape index (κ2) is 6.53. The second-order valence-electron chi connectivity index (χ2n) is 6.79. The molecule has 0 amide bonds. The van der Waals surface area contributed by atoms with Gasteiger partial charge in [0.2, 0.25) is 0 Å². The molecule has 2 rings (SSSR count). The number of hydrogen-bond acceptors (Lipinski definition) is 1. The molecule has 0 aromatic heterocycles. The first-order valence-electron chi connectivity index (χ1n) is 7.51. The average molecular weight is 273 g/mol.